The fraction of sp³-hybridized carbons (Fsp3) is 0.118. The van der Waals surface area contributed by atoms with E-state index in [1.807, 2.05) is 0 Å². The number of nitrogens with zero attached hydrogens (tertiary/aromatic N) is 1. The Morgan fingerprint density at radius 2 is 1.83 bits per heavy atom. The minimum absolute atomic E-state index is 0.319. The normalized spacial score (nSPS) is 12.6. The number of halogens is 4. The molecule has 0 aliphatic rings. The second-order valence-electron chi connectivity index (χ2n) is 5.06. The lowest BCUT2D eigenvalue weighted by atomic mass is 10.0. The predicted molar refractivity (Wildman–Crippen MR) is 95.9 cm³/mol. The number of rotatable bonds is 3. The van der Waals surface area contributed by atoms with Gasteiger partial charge in [0.15, 0.2) is 0 Å². The van der Waals surface area contributed by atoms with Gasteiger partial charge in [0.2, 0.25) is 0 Å². The largest absolute Gasteiger partial charge is 0.388 e. The van der Waals surface area contributed by atoms with Crippen LogP contribution in [-0.2, 0) is 0 Å². The highest BCUT2D eigenvalue weighted by Gasteiger charge is 2.16. The Balaban J connectivity index is 2.30. The van der Waals surface area contributed by atoms with Gasteiger partial charge in [-0.3, -0.25) is 0 Å². The molecule has 0 aliphatic carbocycles. The maximum Gasteiger partial charge on any atom is 0.123 e. The number of aromatic nitrogens is 1. The monoisotopic (exact) mass is 413 g/mol. The molecule has 0 aliphatic heterocycles. The van der Waals surface area contributed by atoms with Crippen molar-refractivity contribution in [3.8, 4) is 11.3 Å². The maximum atomic E-state index is 13.1. The van der Waals surface area contributed by atoms with Crippen LogP contribution in [0.5, 0.6) is 0 Å². The molecule has 0 radical (unpaired) electrons. The van der Waals surface area contributed by atoms with Gasteiger partial charge in [-0.05, 0) is 48.0 Å². The van der Waals surface area contributed by atoms with Gasteiger partial charge in [0, 0.05) is 21.3 Å². The lowest BCUT2D eigenvalue weighted by Gasteiger charge is -2.14. The van der Waals surface area contributed by atoms with E-state index in [4.69, 9.17) is 23.2 Å². The van der Waals surface area contributed by atoms with Gasteiger partial charge in [0.1, 0.15) is 5.82 Å². The smallest absolute Gasteiger partial charge is 0.123 e. The SMILES string of the molecule is OC(CBr)c1cc(-c2ccc(F)cc2)nc2c(Cl)cc(Cl)cc12. The summed E-state index contributed by atoms with van der Waals surface area (Å²) in [7, 11) is 0. The summed E-state index contributed by atoms with van der Waals surface area (Å²) in [4.78, 5) is 4.55. The minimum atomic E-state index is -0.741. The zero-order valence-electron chi connectivity index (χ0n) is 11.7. The van der Waals surface area contributed by atoms with Crippen molar-refractivity contribution in [1.29, 1.82) is 0 Å². The second-order valence-corrected chi connectivity index (χ2v) is 6.55. The summed E-state index contributed by atoms with van der Waals surface area (Å²) >= 11 is 15.6. The highest BCUT2D eigenvalue weighted by atomic mass is 79.9. The minimum Gasteiger partial charge on any atom is -0.388 e. The summed E-state index contributed by atoms with van der Waals surface area (Å²) in [5.41, 5.74) is 2.56. The van der Waals surface area contributed by atoms with Crippen molar-refractivity contribution in [2.24, 2.45) is 0 Å². The van der Waals surface area contributed by atoms with Gasteiger partial charge < -0.3 is 5.11 Å². The van der Waals surface area contributed by atoms with E-state index in [1.54, 1.807) is 30.3 Å². The molecular formula is C17H11BrCl2FNO. The lowest BCUT2D eigenvalue weighted by Crippen LogP contribution is -2.02. The van der Waals surface area contributed by atoms with Crippen molar-refractivity contribution in [2.75, 3.05) is 5.33 Å². The van der Waals surface area contributed by atoms with Gasteiger partial charge in [-0.1, -0.05) is 39.1 Å². The highest BCUT2D eigenvalue weighted by Crippen LogP contribution is 2.34. The van der Waals surface area contributed by atoms with Crippen LogP contribution in [0.3, 0.4) is 0 Å². The number of hydrogen-bond acceptors (Lipinski definition) is 2. The van der Waals surface area contributed by atoms with E-state index in [0.717, 1.165) is 5.56 Å². The standard InChI is InChI=1S/C17H11BrCl2FNO/c18-8-16(23)12-7-15(9-1-3-11(21)4-2-9)22-17-13(12)5-10(19)6-14(17)20/h1-7,16,23H,8H2. The van der Waals surface area contributed by atoms with Gasteiger partial charge in [0.05, 0.1) is 22.3 Å². The van der Waals surface area contributed by atoms with Crippen molar-refractivity contribution in [3.05, 3.63) is 63.9 Å². The first-order chi connectivity index (χ1) is 11.0. The first-order valence-electron chi connectivity index (χ1n) is 6.79. The molecule has 2 aromatic carbocycles. The molecule has 1 heterocycles. The Morgan fingerprint density at radius 3 is 2.48 bits per heavy atom. The van der Waals surface area contributed by atoms with Crippen LogP contribution in [0.1, 0.15) is 11.7 Å². The van der Waals surface area contributed by atoms with Crippen LogP contribution in [0.15, 0.2) is 42.5 Å². The van der Waals surface area contributed by atoms with Gasteiger partial charge in [-0.15, -0.1) is 0 Å². The maximum absolute atomic E-state index is 13.1. The Hall–Kier alpha value is -1.20. The Kier molecular flexibility index (Phi) is 4.87. The molecule has 0 amide bonds. The molecule has 1 unspecified atom stereocenters. The molecule has 0 fully saturated rings. The molecule has 1 atom stereocenters. The van der Waals surface area contributed by atoms with E-state index in [1.165, 1.54) is 12.1 Å². The van der Waals surface area contributed by atoms with Gasteiger partial charge in [0.25, 0.3) is 0 Å². The molecule has 118 valence electrons. The summed E-state index contributed by atoms with van der Waals surface area (Å²) in [5, 5.41) is 12.2. The molecule has 0 saturated heterocycles. The average Bonchev–Trinajstić information content (AvgIpc) is 2.54. The molecule has 1 aromatic heterocycles. The van der Waals surface area contributed by atoms with E-state index in [-0.39, 0.29) is 5.82 Å². The second kappa shape index (κ2) is 6.73. The number of fused-ring (bicyclic) bond motifs is 1. The zero-order chi connectivity index (χ0) is 16.6. The third kappa shape index (κ3) is 3.36. The van der Waals surface area contributed by atoms with Gasteiger partial charge >= 0.3 is 0 Å². The molecule has 0 spiro atoms. The topological polar surface area (TPSA) is 33.1 Å². The summed E-state index contributed by atoms with van der Waals surface area (Å²) in [6.45, 7) is 0. The number of aliphatic hydroxyl groups is 1. The van der Waals surface area contributed by atoms with Crippen LogP contribution in [0.4, 0.5) is 4.39 Å². The van der Waals surface area contributed by atoms with Gasteiger partial charge in [-0.25, -0.2) is 9.37 Å². The molecule has 2 nitrogen and oxygen atoms in total. The van der Waals surface area contributed by atoms with E-state index in [0.29, 0.717) is 37.5 Å². The van der Waals surface area contributed by atoms with Crippen molar-refractivity contribution >= 4 is 50.0 Å². The van der Waals surface area contributed by atoms with Gasteiger partial charge in [-0.2, -0.15) is 0 Å². The van der Waals surface area contributed by atoms with Crippen LogP contribution in [0.25, 0.3) is 22.2 Å². The molecular weight excluding hydrogens is 404 g/mol. The van der Waals surface area contributed by atoms with Crippen molar-refractivity contribution in [3.63, 3.8) is 0 Å². The Morgan fingerprint density at radius 1 is 1.13 bits per heavy atom. The van der Waals surface area contributed by atoms with E-state index >= 15 is 0 Å². The fourth-order valence-corrected chi connectivity index (χ4v) is 3.29. The van der Waals surface area contributed by atoms with Crippen molar-refractivity contribution < 1.29 is 9.50 Å². The average molecular weight is 415 g/mol. The summed E-state index contributed by atoms with van der Waals surface area (Å²) < 4.78 is 13.1. The fourth-order valence-electron chi connectivity index (χ4n) is 2.40. The van der Waals surface area contributed by atoms with Crippen LogP contribution in [-0.4, -0.2) is 15.4 Å². The van der Waals surface area contributed by atoms with Crippen LogP contribution >= 0.6 is 39.1 Å². The van der Waals surface area contributed by atoms with E-state index in [2.05, 4.69) is 20.9 Å². The molecule has 1 N–H and O–H groups in total. The van der Waals surface area contributed by atoms with Crippen molar-refractivity contribution in [2.45, 2.75) is 6.10 Å². The van der Waals surface area contributed by atoms with Crippen molar-refractivity contribution in [1.82, 2.24) is 4.98 Å². The molecule has 3 rings (SSSR count). The predicted octanol–water partition coefficient (Wildman–Crippen LogP) is 5.78. The molecule has 0 bridgehead atoms. The number of pyridine rings is 1. The van der Waals surface area contributed by atoms with Crippen LogP contribution in [0.2, 0.25) is 10.0 Å². The third-order valence-corrected chi connectivity index (χ3v) is 4.63. The summed E-state index contributed by atoms with van der Waals surface area (Å²) in [6.07, 6.45) is -0.741. The van der Waals surface area contributed by atoms with Crippen LogP contribution in [0, 0.1) is 5.82 Å². The van der Waals surface area contributed by atoms with Crippen LogP contribution < -0.4 is 0 Å². The number of hydrogen-bond donors (Lipinski definition) is 1. The Bertz CT molecular complexity index is 871. The zero-order valence-corrected chi connectivity index (χ0v) is 14.8. The quantitative estimate of drug-likeness (QED) is 0.551. The lowest BCUT2D eigenvalue weighted by molar-refractivity contribution is 0.207. The first kappa shape index (κ1) is 16.7. The van der Waals surface area contributed by atoms with E-state index in [9.17, 15) is 9.50 Å². The molecule has 23 heavy (non-hydrogen) atoms. The first-order valence-corrected chi connectivity index (χ1v) is 8.67. The molecule has 0 saturated carbocycles. The number of aliphatic hydroxyl groups excluding tert-OH is 1. The Labute approximate surface area is 151 Å². The summed E-state index contributed by atoms with van der Waals surface area (Å²) in [6, 6.07) is 11.1. The molecule has 6 heteroatoms. The molecule has 3 aromatic rings. The third-order valence-electron chi connectivity index (χ3n) is 3.51. The number of alkyl halides is 1. The summed E-state index contributed by atoms with van der Waals surface area (Å²) in [5.74, 6) is -0.319. The number of benzene rings is 2. The van der Waals surface area contributed by atoms with E-state index < -0.39 is 6.10 Å². The highest BCUT2D eigenvalue weighted by molar-refractivity contribution is 9.09.